The zero-order chi connectivity index (χ0) is 13.1. The molecule has 0 fully saturated rings. The number of benzene rings is 1. The Bertz CT molecular complexity index is 534. The maximum absolute atomic E-state index is 4.44. The lowest BCUT2D eigenvalue weighted by Crippen LogP contribution is -2.00. The van der Waals surface area contributed by atoms with Gasteiger partial charge in [0, 0.05) is 32.1 Å². The predicted molar refractivity (Wildman–Crippen MR) is 86.2 cm³/mol. The molecule has 0 radical (unpaired) electrons. The normalized spacial score (nSPS) is 12.4. The van der Waals surface area contributed by atoms with E-state index < -0.39 is 0 Å². The Kier molecular flexibility index (Phi) is 4.98. The van der Waals surface area contributed by atoms with Crippen LogP contribution in [0.1, 0.15) is 21.6 Å². The van der Waals surface area contributed by atoms with Crippen LogP contribution < -0.4 is 0 Å². The van der Waals surface area contributed by atoms with E-state index in [9.17, 15) is 0 Å². The van der Waals surface area contributed by atoms with Crippen LogP contribution in [0.15, 0.2) is 45.5 Å². The maximum atomic E-state index is 4.44. The average molecular weight is 434 g/mol. The lowest BCUT2D eigenvalue weighted by molar-refractivity contribution is 0.891. The first-order chi connectivity index (χ1) is 8.56. The summed E-state index contributed by atoms with van der Waals surface area (Å²) < 4.78 is 2.16. The van der Waals surface area contributed by atoms with Gasteiger partial charge >= 0.3 is 0 Å². The monoisotopic (exact) mass is 431 g/mol. The number of aromatic nitrogens is 1. The first-order valence-corrected chi connectivity index (χ1v) is 8.07. The van der Waals surface area contributed by atoms with Crippen LogP contribution in [-0.2, 0) is 6.42 Å². The molecule has 0 spiro atoms. The molecule has 2 rings (SSSR count). The van der Waals surface area contributed by atoms with Gasteiger partial charge < -0.3 is 0 Å². The van der Waals surface area contributed by atoms with E-state index in [0.717, 1.165) is 21.1 Å². The van der Waals surface area contributed by atoms with Crippen LogP contribution in [0.25, 0.3) is 0 Å². The van der Waals surface area contributed by atoms with Crippen molar-refractivity contribution in [3.05, 3.63) is 62.3 Å². The molecule has 0 aliphatic heterocycles. The van der Waals surface area contributed by atoms with Gasteiger partial charge in [-0.1, -0.05) is 53.9 Å². The van der Waals surface area contributed by atoms with Crippen LogP contribution in [0.3, 0.4) is 0 Å². The summed E-state index contributed by atoms with van der Waals surface area (Å²) in [7, 11) is 0. The molecule has 4 heteroatoms. The minimum Gasteiger partial charge on any atom is -0.261 e. The number of hydrogen-bond donors (Lipinski definition) is 0. The third-order valence-electron chi connectivity index (χ3n) is 2.74. The van der Waals surface area contributed by atoms with E-state index in [2.05, 4.69) is 77.9 Å². The number of alkyl halides is 1. The Morgan fingerprint density at radius 3 is 2.44 bits per heavy atom. The zero-order valence-electron chi connectivity index (χ0n) is 9.83. The molecule has 18 heavy (non-hydrogen) atoms. The first kappa shape index (κ1) is 14.2. The van der Waals surface area contributed by atoms with Crippen molar-refractivity contribution in [2.24, 2.45) is 0 Å². The van der Waals surface area contributed by atoms with Crippen LogP contribution in [0.4, 0.5) is 0 Å². The van der Waals surface area contributed by atoms with E-state index >= 15 is 0 Å². The smallest absolute Gasteiger partial charge is 0.0451 e. The lowest BCUT2D eigenvalue weighted by Gasteiger charge is -2.12. The summed E-state index contributed by atoms with van der Waals surface area (Å²) in [6.07, 6.45) is 2.73. The molecule has 0 aliphatic carbocycles. The van der Waals surface area contributed by atoms with Crippen LogP contribution in [-0.4, -0.2) is 4.98 Å². The van der Waals surface area contributed by atoms with E-state index in [-0.39, 0.29) is 4.83 Å². The molecule has 0 amide bonds. The molecule has 0 bridgehead atoms. The highest BCUT2D eigenvalue weighted by Crippen LogP contribution is 2.31. The third kappa shape index (κ3) is 3.65. The number of aryl methyl sites for hydroxylation is 1. The van der Waals surface area contributed by atoms with Crippen molar-refractivity contribution in [1.29, 1.82) is 0 Å². The Morgan fingerprint density at radius 2 is 1.83 bits per heavy atom. The molecule has 1 heterocycles. The van der Waals surface area contributed by atoms with Gasteiger partial charge in [0.1, 0.15) is 0 Å². The number of hydrogen-bond acceptors (Lipinski definition) is 1. The Balaban J connectivity index is 2.22. The fourth-order valence-electron chi connectivity index (χ4n) is 1.78. The largest absolute Gasteiger partial charge is 0.261 e. The minimum atomic E-state index is 0.264. The molecule has 1 nitrogen and oxygen atoms in total. The molecule has 1 atom stereocenters. The summed E-state index contributed by atoms with van der Waals surface area (Å²) in [5.74, 6) is 0. The van der Waals surface area contributed by atoms with Gasteiger partial charge in [-0.05, 0) is 42.3 Å². The SMILES string of the molecule is Cc1cccnc1CC(Br)c1cc(Br)cc(Br)c1. The van der Waals surface area contributed by atoms with Crippen molar-refractivity contribution >= 4 is 47.8 Å². The summed E-state index contributed by atoms with van der Waals surface area (Å²) in [6, 6.07) is 10.4. The molecule has 2 aromatic rings. The van der Waals surface area contributed by atoms with Crippen molar-refractivity contribution in [1.82, 2.24) is 4.98 Å². The molecule has 1 aromatic carbocycles. The van der Waals surface area contributed by atoms with E-state index in [1.807, 2.05) is 18.3 Å². The van der Waals surface area contributed by atoms with Crippen molar-refractivity contribution < 1.29 is 0 Å². The first-order valence-electron chi connectivity index (χ1n) is 5.57. The minimum absolute atomic E-state index is 0.264. The Labute approximate surface area is 132 Å². The van der Waals surface area contributed by atoms with Gasteiger partial charge in [0.15, 0.2) is 0 Å². The van der Waals surface area contributed by atoms with Crippen molar-refractivity contribution in [2.75, 3.05) is 0 Å². The van der Waals surface area contributed by atoms with Gasteiger partial charge in [0.2, 0.25) is 0 Å². The maximum Gasteiger partial charge on any atom is 0.0451 e. The fourth-order valence-corrected chi connectivity index (χ4v) is 3.68. The molecule has 0 N–H and O–H groups in total. The molecule has 0 saturated heterocycles. The van der Waals surface area contributed by atoms with E-state index in [1.54, 1.807) is 0 Å². The Morgan fingerprint density at radius 1 is 1.17 bits per heavy atom. The second-order valence-corrected chi connectivity index (χ2v) is 7.08. The summed E-state index contributed by atoms with van der Waals surface area (Å²) in [4.78, 5) is 4.70. The highest BCUT2D eigenvalue weighted by molar-refractivity contribution is 9.11. The highest BCUT2D eigenvalue weighted by Gasteiger charge is 2.12. The molecular formula is C14H12Br3N. The van der Waals surface area contributed by atoms with E-state index in [4.69, 9.17) is 0 Å². The van der Waals surface area contributed by atoms with Gasteiger partial charge in [0.05, 0.1) is 0 Å². The van der Waals surface area contributed by atoms with Crippen LogP contribution >= 0.6 is 47.8 Å². The van der Waals surface area contributed by atoms with E-state index in [1.165, 1.54) is 11.1 Å². The number of rotatable bonds is 3. The predicted octanol–water partition coefficient (Wildman–Crippen LogP) is 5.59. The van der Waals surface area contributed by atoms with Gasteiger partial charge in [-0.2, -0.15) is 0 Å². The molecule has 1 unspecified atom stereocenters. The van der Waals surface area contributed by atoms with E-state index in [0.29, 0.717) is 0 Å². The van der Waals surface area contributed by atoms with Crippen LogP contribution in [0.2, 0.25) is 0 Å². The molecule has 94 valence electrons. The summed E-state index contributed by atoms with van der Waals surface area (Å²) in [5.41, 5.74) is 3.60. The standard InChI is InChI=1S/C14H12Br3N/c1-9-3-2-4-18-14(9)8-13(17)10-5-11(15)7-12(16)6-10/h2-7,13H,8H2,1H3. The average Bonchev–Trinajstić information content (AvgIpc) is 2.31. The van der Waals surface area contributed by atoms with Crippen molar-refractivity contribution in [3.63, 3.8) is 0 Å². The quantitative estimate of drug-likeness (QED) is 0.574. The molecular weight excluding hydrogens is 422 g/mol. The van der Waals surface area contributed by atoms with Gasteiger partial charge in [-0.3, -0.25) is 4.98 Å². The van der Waals surface area contributed by atoms with Crippen LogP contribution in [0, 0.1) is 6.92 Å². The second-order valence-electron chi connectivity index (χ2n) is 4.14. The summed E-state index contributed by atoms with van der Waals surface area (Å²) in [5, 5.41) is 0. The molecule has 0 aliphatic rings. The summed E-state index contributed by atoms with van der Waals surface area (Å²) >= 11 is 10.8. The van der Waals surface area contributed by atoms with Crippen molar-refractivity contribution in [3.8, 4) is 0 Å². The second kappa shape index (κ2) is 6.31. The summed E-state index contributed by atoms with van der Waals surface area (Å²) in [6.45, 7) is 2.10. The topological polar surface area (TPSA) is 12.9 Å². The number of nitrogens with zero attached hydrogens (tertiary/aromatic N) is 1. The third-order valence-corrected chi connectivity index (χ3v) is 4.51. The van der Waals surface area contributed by atoms with Gasteiger partial charge in [0.25, 0.3) is 0 Å². The van der Waals surface area contributed by atoms with Crippen LogP contribution in [0.5, 0.6) is 0 Å². The fraction of sp³-hybridized carbons (Fsp3) is 0.214. The van der Waals surface area contributed by atoms with Crippen molar-refractivity contribution in [2.45, 2.75) is 18.2 Å². The zero-order valence-corrected chi connectivity index (χ0v) is 14.6. The molecule has 1 aromatic heterocycles. The van der Waals surface area contributed by atoms with Gasteiger partial charge in [-0.15, -0.1) is 0 Å². The number of halogens is 3. The molecule has 0 saturated carbocycles. The Hall–Kier alpha value is -0.190. The highest BCUT2D eigenvalue weighted by atomic mass is 79.9. The lowest BCUT2D eigenvalue weighted by atomic mass is 10.1. The number of pyridine rings is 1. The van der Waals surface area contributed by atoms with Gasteiger partial charge in [-0.25, -0.2) is 0 Å².